The number of hydrogen-bond acceptors (Lipinski definition) is 8. The van der Waals surface area contributed by atoms with Gasteiger partial charge in [-0.3, -0.25) is 0 Å². The van der Waals surface area contributed by atoms with Gasteiger partial charge in [0.05, 0.1) is 52.8 Å². The van der Waals surface area contributed by atoms with E-state index in [-0.39, 0.29) is 12.2 Å². The first-order chi connectivity index (χ1) is 14.5. The van der Waals surface area contributed by atoms with E-state index in [1.165, 1.54) is 0 Å². The van der Waals surface area contributed by atoms with Gasteiger partial charge in [0.2, 0.25) is 0 Å². The largest absolute Gasteiger partial charge is 0.496 e. The summed E-state index contributed by atoms with van der Waals surface area (Å²) in [5, 5.41) is 21.0. The van der Waals surface area contributed by atoms with Crippen LogP contribution in [0.2, 0.25) is 0 Å². The molecule has 0 saturated carbocycles. The summed E-state index contributed by atoms with van der Waals surface area (Å²) in [5.74, 6) is 1.94. The third kappa shape index (κ3) is 3.79. The summed E-state index contributed by atoms with van der Waals surface area (Å²) >= 11 is 0. The highest BCUT2D eigenvalue weighted by atomic mass is 16.6. The molecular weight excluding hydrogens is 392 g/mol. The van der Waals surface area contributed by atoms with Crippen molar-refractivity contribution in [2.75, 3.05) is 41.7 Å². The van der Waals surface area contributed by atoms with E-state index in [1.807, 2.05) is 0 Å². The van der Waals surface area contributed by atoms with E-state index >= 15 is 0 Å². The smallest absolute Gasteiger partial charge is 0.131 e. The number of epoxide rings is 2. The fourth-order valence-electron chi connectivity index (χ4n) is 3.60. The van der Waals surface area contributed by atoms with Crippen LogP contribution in [0.3, 0.4) is 0 Å². The van der Waals surface area contributed by atoms with E-state index in [0.717, 1.165) is 0 Å². The Morgan fingerprint density at radius 3 is 1.13 bits per heavy atom. The van der Waals surface area contributed by atoms with Crippen molar-refractivity contribution in [3.8, 4) is 34.1 Å². The molecule has 2 aromatic rings. The molecule has 8 heteroatoms. The highest BCUT2D eigenvalue weighted by Crippen LogP contribution is 2.50. The Labute approximate surface area is 174 Å². The highest BCUT2D eigenvalue weighted by molar-refractivity contribution is 5.86. The van der Waals surface area contributed by atoms with E-state index in [0.29, 0.717) is 58.5 Å². The van der Waals surface area contributed by atoms with Crippen LogP contribution in [0.5, 0.6) is 23.0 Å². The van der Waals surface area contributed by atoms with Crippen molar-refractivity contribution in [2.24, 2.45) is 0 Å². The Morgan fingerprint density at radius 2 is 0.933 bits per heavy atom. The molecule has 0 amide bonds. The van der Waals surface area contributed by atoms with Crippen LogP contribution in [0.4, 0.5) is 0 Å². The molecule has 8 nitrogen and oxygen atoms in total. The molecule has 4 atom stereocenters. The molecule has 2 aliphatic rings. The Hall–Kier alpha value is -2.52. The van der Waals surface area contributed by atoms with Gasteiger partial charge in [0.25, 0.3) is 0 Å². The quantitative estimate of drug-likeness (QED) is 0.598. The predicted octanol–water partition coefficient (Wildman–Crippen LogP) is 2.25. The third-order valence-corrected chi connectivity index (χ3v) is 5.41. The van der Waals surface area contributed by atoms with Crippen LogP contribution < -0.4 is 18.9 Å². The van der Waals surface area contributed by atoms with Gasteiger partial charge in [-0.05, 0) is 35.4 Å². The van der Waals surface area contributed by atoms with Gasteiger partial charge in [-0.2, -0.15) is 0 Å². The number of hydrogen-bond donors (Lipinski definition) is 2. The molecule has 0 aromatic heterocycles. The number of aliphatic hydroxyl groups excluding tert-OH is 2. The average Bonchev–Trinajstić information content (AvgIpc) is 3.68. The van der Waals surface area contributed by atoms with E-state index in [1.54, 1.807) is 52.7 Å². The molecule has 0 radical (unpaired) electrons. The standard InChI is InChI=1S/C22H26O8/c1-25-13-5-11(21(23)17-9-29-17)6-14(26-2)19(13)20-15(27-3)7-12(8-16(20)28-4)22(24)18-10-30-18/h5-8,17-18,21-24H,9-10H2,1-4H3/t17-,18-,21-,22-/m1/s1. The van der Waals surface area contributed by atoms with Crippen molar-refractivity contribution in [3.05, 3.63) is 35.4 Å². The molecule has 2 aromatic carbocycles. The Bertz CT molecular complexity index is 794. The van der Waals surface area contributed by atoms with Gasteiger partial charge in [0.1, 0.15) is 47.4 Å². The van der Waals surface area contributed by atoms with Crippen molar-refractivity contribution in [2.45, 2.75) is 24.4 Å². The predicted molar refractivity (Wildman–Crippen MR) is 107 cm³/mol. The van der Waals surface area contributed by atoms with Crippen molar-refractivity contribution >= 4 is 0 Å². The fraction of sp³-hybridized carbons (Fsp3) is 0.455. The van der Waals surface area contributed by atoms with Gasteiger partial charge in [-0.25, -0.2) is 0 Å². The maximum atomic E-state index is 10.5. The minimum atomic E-state index is -0.776. The Kier molecular flexibility index (Phi) is 5.75. The molecule has 2 N–H and O–H groups in total. The molecule has 0 unspecified atom stereocenters. The molecule has 0 spiro atoms. The van der Waals surface area contributed by atoms with E-state index in [4.69, 9.17) is 28.4 Å². The molecule has 2 heterocycles. The van der Waals surface area contributed by atoms with Gasteiger partial charge in [-0.15, -0.1) is 0 Å². The highest BCUT2D eigenvalue weighted by Gasteiger charge is 2.36. The van der Waals surface area contributed by atoms with Crippen molar-refractivity contribution in [1.29, 1.82) is 0 Å². The monoisotopic (exact) mass is 418 g/mol. The van der Waals surface area contributed by atoms with Crippen LogP contribution in [0, 0.1) is 0 Å². The zero-order chi connectivity index (χ0) is 21.4. The molecule has 162 valence electrons. The lowest BCUT2D eigenvalue weighted by atomic mass is 9.94. The first-order valence-corrected chi connectivity index (χ1v) is 9.63. The number of benzene rings is 2. The molecule has 2 aliphatic heterocycles. The molecule has 2 saturated heterocycles. The molecule has 30 heavy (non-hydrogen) atoms. The lowest BCUT2D eigenvalue weighted by Crippen LogP contribution is -2.08. The molecule has 0 bridgehead atoms. The SMILES string of the molecule is COc1cc([C@@H](O)[C@H]2CO2)cc(OC)c1-c1c(OC)cc([C@@H](O)[C@H]2CO2)cc1OC. The second-order valence-electron chi connectivity index (χ2n) is 7.23. The lowest BCUT2D eigenvalue weighted by molar-refractivity contribution is 0.136. The summed E-state index contributed by atoms with van der Waals surface area (Å²) in [6, 6.07) is 7.02. The molecular formula is C22H26O8. The summed E-state index contributed by atoms with van der Waals surface area (Å²) in [6.45, 7) is 1.04. The van der Waals surface area contributed by atoms with Crippen molar-refractivity contribution in [3.63, 3.8) is 0 Å². The Balaban J connectivity index is 1.87. The minimum Gasteiger partial charge on any atom is -0.496 e. The minimum absolute atomic E-state index is 0.222. The normalized spacial score (nSPS) is 21.5. The third-order valence-electron chi connectivity index (χ3n) is 5.41. The van der Waals surface area contributed by atoms with Crippen molar-refractivity contribution < 1.29 is 38.6 Å². The summed E-state index contributed by atoms with van der Waals surface area (Å²) in [6.07, 6.45) is -2.00. The summed E-state index contributed by atoms with van der Waals surface area (Å²) in [7, 11) is 6.18. The first-order valence-electron chi connectivity index (χ1n) is 9.63. The van der Waals surface area contributed by atoms with Gasteiger partial charge in [0, 0.05) is 0 Å². The van der Waals surface area contributed by atoms with E-state index in [2.05, 4.69) is 0 Å². The zero-order valence-corrected chi connectivity index (χ0v) is 17.4. The Morgan fingerprint density at radius 1 is 0.667 bits per heavy atom. The molecule has 2 fully saturated rings. The molecule has 4 rings (SSSR count). The number of ether oxygens (including phenoxy) is 6. The van der Waals surface area contributed by atoms with E-state index in [9.17, 15) is 10.2 Å². The summed E-state index contributed by atoms with van der Waals surface area (Å²) in [5.41, 5.74) is 2.49. The fourth-order valence-corrected chi connectivity index (χ4v) is 3.60. The average molecular weight is 418 g/mol. The second-order valence-corrected chi connectivity index (χ2v) is 7.23. The number of aliphatic hydroxyl groups is 2. The van der Waals surface area contributed by atoms with Crippen molar-refractivity contribution in [1.82, 2.24) is 0 Å². The number of rotatable bonds is 9. The lowest BCUT2D eigenvalue weighted by Gasteiger charge is -2.22. The van der Waals surface area contributed by atoms with Crippen LogP contribution in [0.15, 0.2) is 24.3 Å². The molecule has 0 aliphatic carbocycles. The maximum Gasteiger partial charge on any atom is 0.131 e. The van der Waals surface area contributed by atoms with Crippen LogP contribution in [-0.4, -0.2) is 64.1 Å². The van der Waals surface area contributed by atoms with E-state index < -0.39 is 12.2 Å². The van der Waals surface area contributed by atoms with Crippen LogP contribution in [0.25, 0.3) is 11.1 Å². The summed E-state index contributed by atoms with van der Waals surface area (Å²) < 4.78 is 33.0. The van der Waals surface area contributed by atoms with Crippen LogP contribution >= 0.6 is 0 Å². The maximum absolute atomic E-state index is 10.5. The van der Waals surface area contributed by atoms with Crippen LogP contribution in [-0.2, 0) is 9.47 Å². The first kappa shape index (κ1) is 20.7. The zero-order valence-electron chi connectivity index (χ0n) is 17.4. The van der Waals surface area contributed by atoms with Gasteiger partial charge in [0.15, 0.2) is 0 Å². The van der Waals surface area contributed by atoms with Crippen LogP contribution in [0.1, 0.15) is 23.3 Å². The second kappa shape index (κ2) is 8.31. The topological polar surface area (TPSA) is 102 Å². The number of methoxy groups -OCH3 is 4. The van der Waals surface area contributed by atoms with Gasteiger partial charge >= 0.3 is 0 Å². The summed E-state index contributed by atoms with van der Waals surface area (Å²) in [4.78, 5) is 0. The van der Waals surface area contributed by atoms with Gasteiger partial charge < -0.3 is 38.6 Å². The van der Waals surface area contributed by atoms with Gasteiger partial charge in [-0.1, -0.05) is 0 Å².